The number of hydrogen-bond donors (Lipinski definition) is 1. The summed E-state index contributed by atoms with van der Waals surface area (Å²) in [5, 5.41) is 18.6. The first-order valence-corrected chi connectivity index (χ1v) is 5.73. The van der Waals surface area contributed by atoms with Gasteiger partial charge in [-0.05, 0) is 36.5 Å². The van der Waals surface area contributed by atoms with Crippen molar-refractivity contribution in [2.24, 2.45) is 5.92 Å². The highest BCUT2D eigenvalue weighted by molar-refractivity contribution is 5.42. The number of rotatable bonds is 2. The molecular weight excluding hydrogens is 243 g/mol. The van der Waals surface area contributed by atoms with Crippen LogP contribution >= 0.6 is 0 Å². The highest BCUT2D eigenvalue weighted by Gasteiger charge is 2.35. The maximum Gasteiger partial charge on any atom is 0.417 e. The quantitative estimate of drug-likeness (QED) is 0.880. The number of benzene rings is 1. The molecule has 0 bridgehead atoms. The zero-order valence-corrected chi connectivity index (χ0v) is 9.54. The molecule has 5 heteroatoms. The van der Waals surface area contributed by atoms with Gasteiger partial charge in [0.15, 0.2) is 0 Å². The Hall–Kier alpha value is -1.54. The van der Waals surface area contributed by atoms with Crippen LogP contribution in [0.3, 0.4) is 0 Å². The van der Waals surface area contributed by atoms with Crippen LogP contribution in [0.2, 0.25) is 0 Å². The lowest BCUT2D eigenvalue weighted by Gasteiger charge is -2.30. The molecule has 1 unspecified atom stereocenters. The van der Waals surface area contributed by atoms with Gasteiger partial charge in [-0.2, -0.15) is 18.4 Å². The van der Waals surface area contributed by atoms with Gasteiger partial charge < -0.3 is 5.11 Å². The van der Waals surface area contributed by atoms with Crippen molar-refractivity contribution in [1.29, 1.82) is 5.26 Å². The molecule has 1 aromatic rings. The van der Waals surface area contributed by atoms with Gasteiger partial charge in [-0.25, -0.2) is 0 Å². The number of nitriles is 1. The van der Waals surface area contributed by atoms with Crippen molar-refractivity contribution in [2.75, 3.05) is 0 Å². The van der Waals surface area contributed by atoms with Gasteiger partial charge >= 0.3 is 6.18 Å². The predicted molar refractivity (Wildman–Crippen MR) is 58.5 cm³/mol. The monoisotopic (exact) mass is 255 g/mol. The fourth-order valence-corrected chi connectivity index (χ4v) is 2.11. The van der Waals surface area contributed by atoms with Crippen molar-refractivity contribution in [3.05, 3.63) is 34.9 Å². The summed E-state index contributed by atoms with van der Waals surface area (Å²) in [5.74, 6) is 0.0408. The van der Waals surface area contributed by atoms with Gasteiger partial charge in [0.1, 0.15) is 0 Å². The fourth-order valence-electron chi connectivity index (χ4n) is 2.11. The van der Waals surface area contributed by atoms with Crippen molar-refractivity contribution >= 4 is 0 Å². The zero-order chi connectivity index (χ0) is 13.3. The molecule has 0 spiro atoms. The smallest absolute Gasteiger partial charge is 0.388 e. The van der Waals surface area contributed by atoms with E-state index in [9.17, 15) is 18.3 Å². The van der Waals surface area contributed by atoms with Gasteiger partial charge in [0.25, 0.3) is 0 Å². The van der Waals surface area contributed by atoms with Crippen molar-refractivity contribution in [3.63, 3.8) is 0 Å². The first kappa shape index (κ1) is 12.9. The van der Waals surface area contributed by atoms with E-state index in [1.807, 2.05) is 0 Å². The Bertz CT molecular complexity index is 486. The average molecular weight is 255 g/mol. The predicted octanol–water partition coefficient (Wildman–Crippen LogP) is 3.41. The standard InChI is InChI=1S/C13H12F3NO/c14-13(15,16)11-6-9(4-5-10(11)7-17)12(18)8-2-1-3-8/h4-6,8,12,18H,1-3H2. The van der Waals surface area contributed by atoms with Crippen LogP contribution in [-0.4, -0.2) is 5.11 Å². The summed E-state index contributed by atoms with van der Waals surface area (Å²) in [6, 6.07) is 4.94. The minimum Gasteiger partial charge on any atom is -0.388 e. The van der Waals surface area contributed by atoms with Crippen molar-refractivity contribution in [3.8, 4) is 6.07 Å². The number of halogens is 3. The third kappa shape index (κ3) is 2.34. The molecule has 1 aliphatic carbocycles. The molecule has 1 aliphatic rings. The Morgan fingerprint density at radius 2 is 2.00 bits per heavy atom. The van der Waals surface area contributed by atoms with Crippen LogP contribution in [0, 0.1) is 17.2 Å². The topological polar surface area (TPSA) is 44.0 Å². The second kappa shape index (κ2) is 4.62. The molecule has 1 atom stereocenters. The molecule has 0 amide bonds. The normalized spacial score (nSPS) is 17.9. The number of nitrogens with zero attached hydrogens (tertiary/aromatic N) is 1. The van der Waals surface area contributed by atoms with Gasteiger partial charge in [0.05, 0.1) is 23.3 Å². The highest BCUT2D eigenvalue weighted by Crippen LogP contribution is 2.40. The van der Waals surface area contributed by atoms with E-state index in [1.54, 1.807) is 0 Å². The Kier molecular flexibility index (Phi) is 3.31. The molecule has 2 rings (SSSR count). The molecule has 1 fully saturated rings. The Balaban J connectivity index is 2.36. The van der Waals surface area contributed by atoms with Crippen LogP contribution in [0.4, 0.5) is 13.2 Å². The lowest BCUT2D eigenvalue weighted by atomic mass is 9.78. The second-order valence-corrected chi connectivity index (χ2v) is 4.55. The molecule has 1 saturated carbocycles. The lowest BCUT2D eigenvalue weighted by Crippen LogP contribution is -2.20. The molecule has 18 heavy (non-hydrogen) atoms. The molecular formula is C13H12F3NO. The van der Waals surface area contributed by atoms with Gasteiger partial charge in [-0.1, -0.05) is 12.5 Å². The zero-order valence-electron chi connectivity index (χ0n) is 9.54. The number of aliphatic hydroxyl groups excluding tert-OH is 1. The first-order valence-electron chi connectivity index (χ1n) is 5.73. The van der Waals surface area contributed by atoms with E-state index in [-0.39, 0.29) is 11.5 Å². The molecule has 0 saturated heterocycles. The molecule has 2 nitrogen and oxygen atoms in total. The van der Waals surface area contributed by atoms with E-state index >= 15 is 0 Å². The number of aliphatic hydroxyl groups is 1. The Morgan fingerprint density at radius 1 is 1.33 bits per heavy atom. The number of alkyl halides is 3. The van der Waals surface area contributed by atoms with Crippen molar-refractivity contribution in [1.82, 2.24) is 0 Å². The van der Waals surface area contributed by atoms with Gasteiger partial charge in [0.2, 0.25) is 0 Å². The van der Waals surface area contributed by atoms with Crippen LogP contribution in [0.5, 0.6) is 0 Å². The molecule has 0 aromatic heterocycles. The van der Waals surface area contributed by atoms with Crippen LogP contribution in [-0.2, 0) is 6.18 Å². The van der Waals surface area contributed by atoms with Crippen LogP contribution in [0.1, 0.15) is 42.1 Å². The van der Waals surface area contributed by atoms with Crippen LogP contribution in [0.25, 0.3) is 0 Å². The summed E-state index contributed by atoms with van der Waals surface area (Å²) in [4.78, 5) is 0. The minimum absolute atomic E-state index is 0.0408. The third-order valence-corrected chi connectivity index (χ3v) is 3.41. The summed E-state index contributed by atoms with van der Waals surface area (Å²) in [6.45, 7) is 0. The molecule has 96 valence electrons. The van der Waals surface area contributed by atoms with Crippen LogP contribution in [0.15, 0.2) is 18.2 Å². The summed E-state index contributed by atoms with van der Waals surface area (Å²) in [7, 11) is 0. The fraction of sp³-hybridized carbons (Fsp3) is 0.462. The summed E-state index contributed by atoms with van der Waals surface area (Å²) < 4.78 is 38.2. The molecule has 0 radical (unpaired) electrons. The minimum atomic E-state index is -4.57. The molecule has 1 N–H and O–H groups in total. The van der Waals surface area contributed by atoms with Gasteiger partial charge in [-0.15, -0.1) is 0 Å². The average Bonchev–Trinajstić information content (AvgIpc) is 2.24. The summed E-state index contributed by atoms with van der Waals surface area (Å²) >= 11 is 0. The lowest BCUT2D eigenvalue weighted by molar-refractivity contribution is -0.137. The maximum atomic E-state index is 12.7. The van der Waals surface area contributed by atoms with E-state index in [1.165, 1.54) is 12.1 Å². The Labute approximate surface area is 103 Å². The van der Waals surface area contributed by atoms with Gasteiger partial charge in [-0.3, -0.25) is 0 Å². The highest BCUT2D eigenvalue weighted by atomic mass is 19.4. The van der Waals surface area contributed by atoms with Crippen molar-refractivity contribution < 1.29 is 18.3 Å². The molecule has 0 aliphatic heterocycles. The van der Waals surface area contributed by atoms with E-state index in [4.69, 9.17) is 5.26 Å². The Morgan fingerprint density at radius 3 is 2.44 bits per heavy atom. The SMILES string of the molecule is N#Cc1ccc(C(O)C2CCC2)cc1C(F)(F)F. The second-order valence-electron chi connectivity index (χ2n) is 4.55. The van der Waals surface area contributed by atoms with Gasteiger partial charge in [0, 0.05) is 0 Å². The van der Waals surface area contributed by atoms with E-state index < -0.39 is 23.4 Å². The third-order valence-electron chi connectivity index (χ3n) is 3.41. The molecule has 1 aromatic carbocycles. The largest absolute Gasteiger partial charge is 0.417 e. The van der Waals surface area contributed by atoms with E-state index in [0.29, 0.717) is 0 Å². The van der Waals surface area contributed by atoms with Crippen molar-refractivity contribution in [2.45, 2.75) is 31.5 Å². The molecule has 0 heterocycles. The van der Waals surface area contributed by atoms with E-state index in [2.05, 4.69) is 0 Å². The first-order chi connectivity index (χ1) is 8.43. The maximum absolute atomic E-state index is 12.7. The van der Waals surface area contributed by atoms with E-state index in [0.717, 1.165) is 31.4 Å². The number of hydrogen-bond acceptors (Lipinski definition) is 2. The summed E-state index contributed by atoms with van der Waals surface area (Å²) in [5.41, 5.74) is -1.14. The summed E-state index contributed by atoms with van der Waals surface area (Å²) in [6.07, 6.45) is -2.76. The van der Waals surface area contributed by atoms with Crippen LogP contribution < -0.4 is 0 Å².